The van der Waals surface area contributed by atoms with Gasteiger partial charge in [0.2, 0.25) is 6.20 Å². The SMILES string of the molecule is C=C/C=C\c1c(C)n(P)c2c[n+]([O-])c(C#N)cc12. The van der Waals surface area contributed by atoms with Gasteiger partial charge in [-0.25, -0.2) is 0 Å². The van der Waals surface area contributed by atoms with E-state index < -0.39 is 0 Å². The van der Waals surface area contributed by atoms with Gasteiger partial charge in [0, 0.05) is 22.7 Å². The van der Waals surface area contributed by atoms with Crippen LogP contribution in [0.15, 0.2) is 31.0 Å². The summed E-state index contributed by atoms with van der Waals surface area (Å²) in [6.07, 6.45) is 6.85. The summed E-state index contributed by atoms with van der Waals surface area (Å²) in [5, 5.41) is 21.4. The lowest BCUT2D eigenvalue weighted by molar-refractivity contribution is -0.606. The highest BCUT2D eigenvalue weighted by Crippen LogP contribution is 2.28. The number of hydrogen-bond donors (Lipinski definition) is 0. The Labute approximate surface area is 107 Å². The number of pyridine rings is 1. The predicted molar refractivity (Wildman–Crippen MR) is 74.7 cm³/mol. The second kappa shape index (κ2) is 4.64. The molecule has 1 atom stereocenters. The van der Waals surface area contributed by atoms with Crippen molar-refractivity contribution in [2.24, 2.45) is 0 Å². The molecule has 18 heavy (non-hydrogen) atoms. The van der Waals surface area contributed by atoms with Crippen LogP contribution >= 0.6 is 9.39 Å². The first-order valence-corrected chi connectivity index (χ1v) is 5.84. The molecule has 2 aromatic rings. The molecule has 0 fully saturated rings. The van der Waals surface area contributed by atoms with E-state index in [1.807, 2.05) is 29.5 Å². The van der Waals surface area contributed by atoms with Crippen LogP contribution in [0, 0.1) is 23.5 Å². The fourth-order valence-electron chi connectivity index (χ4n) is 1.89. The minimum Gasteiger partial charge on any atom is -0.618 e. The molecule has 5 heteroatoms. The van der Waals surface area contributed by atoms with E-state index in [4.69, 9.17) is 5.26 Å². The fraction of sp³-hybridized carbons (Fsp3) is 0.0769. The summed E-state index contributed by atoms with van der Waals surface area (Å²) in [5.74, 6) is 0. The molecule has 1 unspecified atom stereocenters. The lowest BCUT2D eigenvalue weighted by Gasteiger charge is -2.00. The Balaban J connectivity index is 2.86. The largest absolute Gasteiger partial charge is 0.618 e. The maximum Gasteiger partial charge on any atom is 0.295 e. The van der Waals surface area contributed by atoms with E-state index in [-0.39, 0.29) is 5.69 Å². The normalized spacial score (nSPS) is 10.9. The van der Waals surface area contributed by atoms with Crippen LogP contribution in [-0.4, -0.2) is 4.34 Å². The van der Waals surface area contributed by atoms with Crippen LogP contribution in [0.25, 0.3) is 17.0 Å². The van der Waals surface area contributed by atoms with Crippen molar-refractivity contribution in [3.63, 3.8) is 0 Å². The maximum absolute atomic E-state index is 11.6. The van der Waals surface area contributed by atoms with E-state index >= 15 is 0 Å². The van der Waals surface area contributed by atoms with Gasteiger partial charge in [-0.3, -0.25) is 0 Å². The molecular weight excluding hydrogens is 245 g/mol. The van der Waals surface area contributed by atoms with Crippen LogP contribution in [0.5, 0.6) is 0 Å². The predicted octanol–water partition coefficient (Wildman–Crippen LogP) is 2.29. The maximum atomic E-state index is 11.6. The topological polar surface area (TPSA) is 55.7 Å². The Bertz CT molecular complexity index is 707. The van der Waals surface area contributed by atoms with E-state index in [1.54, 1.807) is 12.1 Å². The molecule has 0 amide bonds. The van der Waals surface area contributed by atoms with Crippen molar-refractivity contribution in [2.75, 3.05) is 0 Å². The minimum atomic E-state index is 0.0892. The summed E-state index contributed by atoms with van der Waals surface area (Å²) in [6, 6.07) is 3.50. The third-order valence-electron chi connectivity index (χ3n) is 2.85. The number of fused-ring (bicyclic) bond motifs is 1. The molecule has 0 saturated carbocycles. The molecule has 0 N–H and O–H groups in total. The zero-order valence-corrected chi connectivity index (χ0v) is 11.1. The van der Waals surface area contributed by atoms with Gasteiger partial charge in [-0.2, -0.15) is 9.99 Å². The molecule has 2 aromatic heterocycles. The summed E-state index contributed by atoms with van der Waals surface area (Å²) in [6.45, 7) is 5.59. The van der Waals surface area contributed by atoms with Gasteiger partial charge >= 0.3 is 0 Å². The van der Waals surface area contributed by atoms with Gasteiger partial charge in [0.25, 0.3) is 5.69 Å². The highest BCUT2D eigenvalue weighted by Gasteiger charge is 2.15. The lowest BCUT2D eigenvalue weighted by Crippen LogP contribution is -2.29. The zero-order valence-electron chi connectivity index (χ0n) is 9.92. The second-order valence-electron chi connectivity index (χ2n) is 3.86. The number of nitriles is 1. The highest BCUT2D eigenvalue weighted by atomic mass is 31.0. The van der Waals surface area contributed by atoms with Crippen molar-refractivity contribution >= 4 is 26.4 Å². The number of nitrogens with zero attached hydrogens (tertiary/aromatic N) is 3. The Hall–Kier alpha value is -2.11. The lowest BCUT2D eigenvalue weighted by atomic mass is 10.1. The van der Waals surface area contributed by atoms with E-state index in [1.165, 1.54) is 6.20 Å². The molecule has 0 aliphatic rings. The molecule has 0 radical (unpaired) electrons. The van der Waals surface area contributed by atoms with Crippen molar-refractivity contribution in [1.82, 2.24) is 4.34 Å². The first kappa shape index (κ1) is 12.3. The number of hydrogen-bond acceptors (Lipinski definition) is 2. The summed E-state index contributed by atoms with van der Waals surface area (Å²) in [5.41, 5.74) is 2.85. The number of allylic oxidation sites excluding steroid dienone is 2. The van der Waals surface area contributed by atoms with Crippen LogP contribution in [0.4, 0.5) is 0 Å². The molecule has 0 spiro atoms. The zero-order chi connectivity index (χ0) is 13.3. The molecule has 2 heterocycles. The van der Waals surface area contributed by atoms with Gasteiger partial charge in [-0.05, 0) is 16.3 Å². The van der Waals surface area contributed by atoms with Crippen LogP contribution in [0.3, 0.4) is 0 Å². The monoisotopic (exact) mass is 257 g/mol. The molecule has 0 aliphatic carbocycles. The fourth-order valence-corrected chi connectivity index (χ4v) is 2.24. The molecule has 0 saturated heterocycles. The van der Waals surface area contributed by atoms with Gasteiger partial charge in [-0.1, -0.05) is 24.8 Å². The van der Waals surface area contributed by atoms with Crippen LogP contribution in [0.1, 0.15) is 17.0 Å². The van der Waals surface area contributed by atoms with Crippen molar-refractivity contribution in [3.05, 3.63) is 53.2 Å². The minimum absolute atomic E-state index is 0.0892. The molecule has 2 rings (SSSR count). The summed E-state index contributed by atoms with van der Waals surface area (Å²) in [7, 11) is 2.56. The summed E-state index contributed by atoms with van der Waals surface area (Å²) in [4.78, 5) is 0. The van der Waals surface area contributed by atoms with Crippen LogP contribution in [-0.2, 0) is 0 Å². The van der Waals surface area contributed by atoms with Gasteiger partial charge in [0.15, 0.2) is 6.07 Å². The number of rotatable bonds is 2. The van der Waals surface area contributed by atoms with Crippen molar-refractivity contribution < 1.29 is 4.73 Å². The van der Waals surface area contributed by atoms with Crippen molar-refractivity contribution in [3.8, 4) is 6.07 Å². The molecule has 4 nitrogen and oxygen atoms in total. The number of aromatic nitrogens is 2. The van der Waals surface area contributed by atoms with Gasteiger partial charge in [-0.15, -0.1) is 0 Å². The summed E-state index contributed by atoms with van der Waals surface area (Å²) >= 11 is 0. The average molecular weight is 257 g/mol. The summed E-state index contributed by atoms with van der Waals surface area (Å²) < 4.78 is 2.44. The third-order valence-corrected chi connectivity index (χ3v) is 3.51. The standard InChI is InChI=1S/C13H12N3OP/c1-3-4-5-11-9(2)16(18)13-8-15(17)10(7-14)6-12(11)13/h3-6,8H,1,18H2,2H3/b5-4-. The molecule has 0 aliphatic heterocycles. The van der Waals surface area contributed by atoms with E-state index in [0.717, 1.165) is 22.2 Å². The van der Waals surface area contributed by atoms with Crippen molar-refractivity contribution in [2.45, 2.75) is 6.92 Å². The average Bonchev–Trinajstić information content (AvgIpc) is 2.59. The Kier molecular flexibility index (Phi) is 3.18. The van der Waals surface area contributed by atoms with Gasteiger partial charge < -0.3 is 9.54 Å². The smallest absolute Gasteiger partial charge is 0.295 e. The highest BCUT2D eigenvalue weighted by molar-refractivity contribution is 7.15. The van der Waals surface area contributed by atoms with Crippen LogP contribution in [0.2, 0.25) is 0 Å². The van der Waals surface area contributed by atoms with E-state index in [0.29, 0.717) is 4.73 Å². The third kappa shape index (κ3) is 1.79. The first-order valence-electron chi connectivity index (χ1n) is 5.32. The Morgan fingerprint density at radius 3 is 2.94 bits per heavy atom. The van der Waals surface area contributed by atoms with E-state index in [9.17, 15) is 5.21 Å². The molecule has 90 valence electrons. The Morgan fingerprint density at radius 1 is 1.61 bits per heavy atom. The Morgan fingerprint density at radius 2 is 2.33 bits per heavy atom. The first-order chi connectivity index (χ1) is 8.60. The molecule has 0 bridgehead atoms. The van der Waals surface area contributed by atoms with Gasteiger partial charge in [0.05, 0.1) is 0 Å². The van der Waals surface area contributed by atoms with Gasteiger partial charge in [0.1, 0.15) is 5.52 Å². The van der Waals surface area contributed by atoms with E-state index in [2.05, 4.69) is 16.0 Å². The van der Waals surface area contributed by atoms with Crippen LogP contribution < -0.4 is 4.73 Å². The molecular formula is C13H12N3OP. The molecule has 0 aromatic carbocycles. The van der Waals surface area contributed by atoms with Crippen molar-refractivity contribution in [1.29, 1.82) is 5.26 Å². The quantitative estimate of drug-likeness (QED) is 0.359. The second-order valence-corrected chi connectivity index (χ2v) is 4.38.